The van der Waals surface area contributed by atoms with E-state index >= 15 is 0 Å². The molecule has 16 heteroatoms. The summed E-state index contributed by atoms with van der Waals surface area (Å²) < 4.78 is 122. The van der Waals surface area contributed by atoms with Gasteiger partial charge >= 0.3 is 35.8 Å². The summed E-state index contributed by atoms with van der Waals surface area (Å²) in [4.78, 5) is 21.3. The molecule has 0 aliphatic carbocycles. The lowest BCUT2D eigenvalue weighted by molar-refractivity contribution is -0.386. The van der Waals surface area contributed by atoms with E-state index in [4.69, 9.17) is 0 Å². The van der Waals surface area contributed by atoms with E-state index in [-0.39, 0.29) is 4.90 Å². The maximum atomic E-state index is 13.3. The average Bonchev–Trinajstić information content (AvgIpc) is 2.63. The molecule has 1 aromatic rings. The highest BCUT2D eigenvalue weighted by Crippen LogP contribution is 2.48. The van der Waals surface area contributed by atoms with Crippen LogP contribution in [0.3, 0.4) is 0 Å². The van der Waals surface area contributed by atoms with Crippen LogP contribution in [-0.4, -0.2) is 58.8 Å². The standard InChI is InChI=1S/C14H11F8NO6S/c1-30(27)7-2-3-9(8(4-7)23(25)26)28-5-10(24)29-6-12(17,18)14(21,22)13(19,20)11(15)16/h2-4,11H,5-6H2,1H3. The Morgan fingerprint density at radius 3 is 2.23 bits per heavy atom. The first kappa shape index (κ1) is 25.5. The summed E-state index contributed by atoms with van der Waals surface area (Å²) in [5.74, 6) is -21.3. The third-order valence-corrected chi connectivity index (χ3v) is 4.29. The van der Waals surface area contributed by atoms with Crippen LogP contribution >= 0.6 is 0 Å². The topological polar surface area (TPSA) is 95.7 Å². The van der Waals surface area contributed by atoms with Gasteiger partial charge in [0.15, 0.2) is 19.0 Å². The van der Waals surface area contributed by atoms with E-state index in [1.165, 1.54) is 6.26 Å². The Morgan fingerprint density at radius 1 is 1.20 bits per heavy atom. The number of halogens is 8. The minimum absolute atomic E-state index is 0.00143. The summed E-state index contributed by atoms with van der Waals surface area (Å²) in [5.41, 5.74) is -0.788. The molecule has 7 nitrogen and oxygen atoms in total. The van der Waals surface area contributed by atoms with Crippen molar-refractivity contribution in [3.8, 4) is 5.75 Å². The molecule has 1 unspecified atom stereocenters. The summed E-state index contributed by atoms with van der Waals surface area (Å²) >= 11 is 0. The Bertz CT molecular complexity index is 835. The molecule has 0 radical (unpaired) electrons. The average molecular weight is 473 g/mol. The monoisotopic (exact) mass is 473 g/mol. The number of nitro benzene ring substituents is 1. The van der Waals surface area contributed by atoms with Crippen molar-refractivity contribution in [3.05, 3.63) is 28.3 Å². The van der Waals surface area contributed by atoms with Crippen molar-refractivity contribution in [2.75, 3.05) is 19.5 Å². The van der Waals surface area contributed by atoms with Crippen LogP contribution in [0, 0.1) is 10.1 Å². The quantitative estimate of drug-likeness (QED) is 0.224. The molecule has 0 aliphatic rings. The third-order valence-electron chi connectivity index (χ3n) is 3.37. The minimum atomic E-state index is -6.56. The number of ether oxygens (including phenoxy) is 2. The van der Waals surface area contributed by atoms with Gasteiger partial charge in [0.1, 0.15) is 0 Å². The van der Waals surface area contributed by atoms with Crippen molar-refractivity contribution in [1.82, 2.24) is 0 Å². The number of nitrogens with zero attached hydrogens (tertiary/aromatic N) is 1. The van der Waals surface area contributed by atoms with Gasteiger partial charge in [-0.15, -0.1) is 0 Å². The second-order valence-corrected chi connectivity index (χ2v) is 6.87. The Morgan fingerprint density at radius 2 is 1.77 bits per heavy atom. The summed E-state index contributed by atoms with van der Waals surface area (Å²) in [6.07, 6.45) is -3.93. The molecule has 0 saturated heterocycles. The molecule has 170 valence electrons. The molecular formula is C14H11F8NO6S. The summed E-state index contributed by atoms with van der Waals surface area (Å²) in [7, 11) is -1.63. The number of carbonyl (C=O) groups excluding carboxylic acids is 1. The van der Waals surface area contributed by atoms with Crippen LogP contribution in [0.1, 0.15) is 0 Å². The number of hydrogen-bond donors (Lipinski definition) is 0. The molecule has 0 fully saturated rings. The molecule has 0 spiro atoms. The second kappa shape index (κ2) is 9.09. The van der Waals surface area contributed by atoms with Crippen LogP contribution < -0.4 is 4.74 Å². The maximum absolute atomic E-state index is 13.3. The number of nitro groups is 1. The van der Waals surface area contributed by atoms with E-state index in [2.05, 4.69) is 9.47 Å². The summed E-state index contributed by atoms with van der Waals surface area (Å²) in [6, 6.07) is 2.82. The van der Waals surface area contributed by atoms with E-state index in [1.54, 1.807) is 0 Å². The minimum Gasteiger partial charge on any atom is -0.475 e. The first-order valence-electron chi connectivity index (χ1n) is 7.36. The SMILES string of the molecule is CS(=O)c1ccc(OCC(=O)OCC(F)(F)C(F)(F)C(F)(F)C(F)F)c([N+](=O)[O-])c1. The highest BCUT2D eigenvalue weighted by molar-refractivity contribution is 7.84. The van der Waals surface area contributed by atoms with Gasteiger partial charge in [-0.1, -0.05) is 0 Å². The molecule has 0 saturated carbocycles. The number of carbonyl (C=O) groups is 1. The van der Waals surface area contributed by atoms with Gasteiger partial charge < -0.3 is 9.47 Å². The first-order valence-corrected chi connectivity index (χ1v) is 8.92. The van der Waals surface area contributed by atoms with Crippen molar-refractivity contribution >= 4 is 22.5 Å². The van der Waals surface area contributed by atoms with E-state index in [0.717, 1.165) is 18.2 Å². The van der Waals surface area contributed by atoms with Crippen LogP contribution in [0.25, 0.3) is 0 Å². The van der Waals surface area contributed by atoms with Crippen molar-refractivity contribution in [2.24, 2.45) is 0 Å². The molecule has 0 N–H and O–H groups in total. The first-order chi connectivity index (χ1) is 13.5. The number of benzene rings is 1. The van der Waals surface area contributed by atoms with Crippen LogP contribution in [0.15, 0.2) is 23.1 Å². The molecule has 0 aliphatic heterocycles. The van der Waals surface area contributed by atoms with Gasteiger partial charge in [-0.3, -0.25) is 14.3 Å². The number of alkyl halides is 8. The molecule has 30 heavy (non-hydrogen) atoms. The molecule has 0 aromatic heterocycles. The molecule has 0 heterocycles. The lowest BCUT2D eigenvalue weighted by Gasteiger charge is -2.31. The Hall–Kier alpha value is -2.52. The second-order valence-electron chi connectivity index (χ2n) is 5.49. The van der Waals surface area contributed by atoms with E-state index in [9.17, 15) is 54.2 Å². The molecule has 1 atom stereocenters. The normalized spacial score (nSPS) is 13.8. The zero-order valence-electron chi connectivity index (χ0n) is 14.6. The lowest BCUT2D eigenvalue weighted by Crippen LogP contribution is -2.59. The van der Waals surface area contributed by atoms with Crippen molar-refractivity contribution in [1.29, 1.82) is 0 Å². The van der Waals surface area contributed by atoms with Gasteiger partial charge in [-0.25, -0.2) is 13.6 Å². The lowest BCUT2D eigenvalue weighted by atomic mass is 10.1. The molecule has 0 bridgehead atoms. The maximum Gasteiger partial charge on any atom is 0.381 e. The largest absolute Gasteiger partial charge is 0.475 e. The van der Waals surface area contributed by atoms with E-state index in [1.807, 2.05) is 0 Å². The van der Waals surface area contributed by atoms with E-state index in [0.29, 0.717) is 0 Å². The smallest absolute Gasteiger partial charge is 0.381 e. The van der Waals surface area contributed by atoms with Gasteiger partial charge in [-0.2, -0.15) is 26.3 Å². The fraction of sp³-hybridized carbons (Fsp3) is 0.500. The molecular weight excluding hydrogens is 462 g/mol. The fourth-order valence-electron chi connectivity index (χ4n) is 1.76. The summed E-state index contributed by atoms with van der Waals surface area (Å²) in [5, 5.41) is 11.0. The molecule has 0 amide bonds. The zero-order chi connectivity index (χ0) is 23.5. The molecule has 1 rings (SSSR count). The van der Waals surface area contributed by atoms with Gasteiger partial charge in [-0.05, 0) is 12.1 Å². The van der Waals surface area contributed by atoms with Gasteiger partial charge in [0.2, 0.25) is 0 Å². The van der Waals surface area contributed by atoms with Gasteiger partial charge in [0.25, 0.3) is 0 Å². The van der Waals surface area contributed by atoms with Crippen molar-refractivity contribution in [3.63, 3.8) is 0 Å². The highest BCUT2D eigenvalue weighted by atomic mass is 32.2. The number of esters is 1. The predicted octanol–water partition coefficient (Wildman–Crippen LogP) is 3.43. The summed E-state index contributed by atoms with van der Waals surface area (Å²) in [6.45, 7) is -4.05. The highest BCUT2D eigenvalue weighted by Gasteiger charge is 2.75. The van der Waals surface area contributed by atoms with E-state index < -0.39 is 70.5 Å². The van der Waals surface area contributed by atoms with Crippen LogP contribution in [0.2, 0.25) is 0 Å². The van der Waals surface area contributed by atoms with Crippen LogP contribution in [0.4, 0.5) is 40.8 Å². The van der Waals surface area contributed by atoms with Crippen molar-refractivity contribution in [2.45, 2.75) is 29.1 Å². The van der Waals surface area contributed by atoms with Gasteiger partial charge in [0.05, 0.1) is 15.7 Å². The number of rotatable bonds is 10. The van der Waals surface area contributed by atoms with Crippen molar-refractivity contribution < 1.29 is 58.5 Å². The Balaban J connectivity index is 2.83. The van der Waals surface area contributed by atoms with Crippen LogP contribution in [-0.2, 0) is 20.3 Å². The predicted molar refractivity (Wildman–Crippen MR) is 82.7 cm³/mol. The fourth-order valence-corrected chi connectivity index (χ4v) is 2.30. The molecule has 1 aromatic carbocycles. The van der Waals surface area contributed by atoms with Crippen LogP contribution in [0.5, 0.6) is 5.75 Å². The Labute approximate surface area is 164 Å². The Kier molecular flexibility index (Phi) is 7.73. The third kappa shape index (κ3) is 5.34. The number of hydrogen-bond acceptors (Lipinski definition) is 6. The zero-order valence-corrected chi connectivity index (χ0v) is 15.4. The van der Waals surface area contributed by atoms with Gasteiger partial charge in [0, 0.05) is 17.2 Å².